The van der Waals surface area contributed by atoms with E-state index in [1.165, 1.54) is 12.1 Å². The first-order valence-corrected chi connectivity index (χ1v) is 7.39. The molecule has 8 heteroatoms. The molecule has 17 heavy (non-hydrogen) atoms. The van der Waals surface area contributed by atoms with E-state index in [2.05, 4.69) is 4.74 Å². The topological polar surface area (TPSA) is 83.5 Å². The summed E-state index contributed by atoms with van der Waals surface area (Å²) in [6.45, 7) is -0.480. The van der Waals surface area contributed by atoms with Gasteiger partial charge in [-0.05, 0) is 40.8 Å². The lowest BCUT2D eigenvalue weighted by Crippen LogP contribution is -2.15. The van der Waals surface area contributed by atoms with Gasteiger partial charge in [-0.15, -0.1) is 0 Å². The number of halogens is 2. The molecular weight excluding hydrogens is 383 g/mol. The van der Waals surface area contributed by atoms with Gasteiger partial charge in [0.25, 0.3) is 0 Å². The summed E-state index contributed by atoms with van der Waals surface area (Å²) in [5, 5.41) is 0.209. The van der Waals surface area contributed by atoms with E-state index in [1.807, 2.05) is 22.6 Å². The van der Waals surface area contributed by atoms with Crippen molar-refractivity contribution in [2.45, 2.75) is 0 Å². The van der Waals surface area contributed by atoms with E-state index in [4.69, 9.17) is 11.6 Å². The van der Waals surface area contributed by atoms with E-state index in [0.29, 0.717) is 0 Å². The first-order valence-electron chi connectivity index (χ1n) is 4.35. The molecular formula is C9H7ClIO5S-. The van der Waals surface area contributed by atoms with Gasteiger partial charge in [-0.3, -0.25) is 0 Å². The van der Waals surface area contributed by atoms with Crippen LogP contribution in [0.25, 0.3) is 0 Å². The van der Waals surface area contributed by atoms with Crippen molar-refractivity contribution >= 4 is 50.3 Å². The smallest absolute Gasteiger partial charge is 0.339 e. The van der Waals surface area contributed by atoms with Gasteiger partial charge in [0.2, 0.25) is 0 Å². The Labute approximate surface area is 117 Å². The molecule has 0 aliphatic rings. The van der Waals surface area contributed by atoms with E-state index >= 15 is 0 Å². The second kappa shape index (κ2) is 5.98. The first kappa shape index (κ1) is 14.7. The lowest BCUT2D eigenvalue weighted by Gasteiger charge is -2.08. The van der Waals surface area contributed by atoms with Crippen molar-refractivity contribution in [1.82, 2.24) is 0 Å². The van der Waals surface area contributed by atoms with Crippen LogP contribution in [0.3, 0.4) is 0 Å². The highest BCUT2D eigenvalue weighted by molar-refractivity contribution is 14.1. The first-order chi connectivity index (χ1) is 7.79. The molecule has 0 fully saturated rings. The quantitative estimate of drug-likeness (QED) is 0.444. The van der Waals surface area contributed by atoms with Gasteiger partial charge in [-0.1, -0.05) is 11.6 Å². The fourth-order valence-corrected chi connectivity index (χ4v) is 1.94. The van der Waals surface area contributed by atoms with Gasteiger partial charge in [0.05, 0.1) is 26.5 Å². The molecule has 0 spiro atoms. The normalized spacial score (nSPS) is 11.2. The maximum atomic E-state index is 11.5. The van der Waals surface area contributed by atoms with Crippen LogP contribution in [-0.4, -0.2) is 31.3 Å². The van der Waals surface area contributed by atoms with E-state index in [0.717, 1.165) is 3.57 Å². The van der Waals surface area contributed by atoms with Crippen LogP contribution in [0.5, 0.6) is 0 Å². The zero-order chi connectivity index (χ0) is 13.1. The molecule has 5 nitrogen and oxygen atoms in total. The Hall–Kier alpha value is -0.380. The maximum absolute atomic E-state index is 11.5. The summed E-state index contributed by atoms with van der Waals surface area (Å²) < 4.78 is 36.3. The second-order valence-corrected chi connectivity index (χ2v) is 6.20. The van der Waals surface area contributed by atoms with Crippen molar-refractivity contribution in [2.24, 2.45) is 0 Å². The lowest BCUT2D eigenvalue weighted by molar-refractivity contribution is 0.0528. The number of carbonyl (C=O) groups is 1. The Balaban J connectivity index is 2.67. The van der Waals surface area contributed by atoms with E-state index in [1.54, 1.807) is 6.07 Å². The Morgan fingerprint density at radius 2 is 2.12 bits per heavy atom. The molecule has 0 amide bonds. The van der Waals surface area contributed by atoms with Gasteiger partial charge in [0.1, 0.15) is 6.61 Å². The van der Waals surface area contributed by atoms with E-state index in [-0.39, 0.29) is 10.6 Å². The summed E-state index contributed by atoms with van der Waals surface area (Å²) in [5.74, 6) is -1.50. The molecule has 0 aromatic heterocycles. The van der Waals surface area contributed by atoms with Crippen LogP contribution in [-0.2, 0) is 14.9 Å². The number of rotatable bonds is 4. The predicted molar refractivity (Wildman–Crippen MR) is 69.0 cm³/mol. The molecule has 0 aliphatic heterocycles. The molecule has 1 rings (SSSR count). The maximum Gasteiger partial charge on any atom is 0.339 e. The molecule has 1 aromatic carbocycles. The van der Waals surface area contributed by atoms with Gasteiger partial charge in [0.15, 0.2) is 0 Å². The highest BCUT2D eigenvalue weighted by Gasteiger charge is 2.12. The van der Waals surface area contributed by atoms with Gasteiger partial charge >= 0.3 is 5.97 Å². The molecule has 0 N–H and O–H groups in total. The van der Waals surface area contributed by atoms with Crippen molar-refractivity contribution in [1.29, 1.82) is 0 Å². The van der Waals surface area contributed by atoms with Crippen molar-refractivity contribution in [2.75, 3.05) is 12.4 Å². The third-order valence-corrected chi connectivity index (χ3v) is 3.38. The van der Waals surface area contributed by atoms with Crippen molar-refractivity contribution < 1.29 is 22.5 Å². The van der Waals surface area contributed by atoms with Crippen LogP contribution in [0, 0.1) is 3.57 Å². The Morgan fingerprint density at radius 3 is 2.71 bits per heavy atom. The summed E-state index contributed by atoms with van der Waals surface area (Å²) in [4.78, 5) is 11.5. The zero-order valence-corrected chi connectivity index (χ0v) is 12.1. The van der Waals surface area contributed by atoms with Crippen LogP contribution < -0.4 is 0 Å². The van der Waals surface area contributed by atoms with Crippen molar-refractivity contribution in [3.8, 4) is 0 Å². The fraction of sp³-hybridized carbons (Fsp3) is 0.222. The number of hydrogen-bond acceptors (Lipinski definition) is 5. The number of carbonyl (C=O) groups excluding carboxylic acids is 1. The Kier molecular flexibility index (Phi) is 5.17. The lowest BCUT2D eigenvalue weighted by atomic mass is 10.2. The van der Waals surface area contributed by atoms with Gasteiger partial charge in [0, 0.05) is 3.57 Å². The summed E-state index contributed by atoms with van der Waals surface area (Å²) in [5.41, 5.74) is 0.141. The number of benzene rings is 1. The number of ether oxygens (including phenoxy) is 1. The highest BCUT2D eigenvalue weighted by Crippen LogP contribution is 2.19. The summed E-state index contributed by atoms with van der Waals surface area (Å²) >= 11 is 7.77. The average Bonchev–Trinajstić information content (AvgIpc) is 2.19. The molecule has 0 heterocycles. The standard InChI is InChI=1S/C9H8ClIO5S/c10-8-2-1-6(11)5-7(8)9(12)16-3-4-17(13,14)15/h1-2,5H,3-4H2,(H,13,14,15)/p-1. The van der Waals surface area contributed by atoms with Crippen LogP contribution in [0.1, 0.15) is 10.4 Å². The van der Waals surface area contributed by atoms with Crippen LogP contribution in [0.2, 0.25) is 5.02 Å². The number of hydrogen-bond donors (Lipinski definition) is 0. The molecule has 0 unspecified atom stereocenters. The van der Waals surface area contributed by atoms with Crippen LogP contribution in [0.15, 0.2) is 18.2 Å². The Bertz CT molecular complexity index is 528. The predicted octanol–water partition coefficient (Wildman–Crippen LogP) is 1.65. The zero-order valence-electron chi connectivity index (χ0n) is 8.35. The second-order valence-electron chi connectivity index (χ2n) is 3.02. The third-order valence-electron chi connectivity index (χ3n) is 1.71. The monoisotopic (exact) mass is 389 g/mol. The number of esters is 1. The fourth-order valence-electron chi connectivity index (χ4n) is 0.968. The molecule has 0 radical (unpaired) electrons. The van der Waals surface area contributed by atoms with Crippen molar-refractivity contribution in [3.63, 3.8) is 0 Å². The minimum absolute atomic E-state index is 0.141. The molecule has 1 aromatic rings. The Morgan fingerprint density at radius 1 is 1.47 bits per heavy atom. The van der Waals surface area contributed by atoms with Gasteiger partial charge in [-0.2, -0.15) is 0 Å². The molecule has 0 atom stereocenters. The van der Waals surface area contributed by atoms with E-state index in [9.17, 15) is 17.8 Å². The largest absolute Gasteiger partial charge is 0.748 e. The van der Waals surface area contributed by atoms with Crippen molar-refractivity contribution in [3.05, 3.63) is 32.4 Å². The van der Waals surface area contributed by atoms with E-state index < -0.39 is 28.4 Å². The average molecular weight is 390 g/mol. The summed E-state index contributed by atoms with van der Waals surface area (Å²) in [6.07, 6.45) is 0. The van der Waals surface area contributed by atoms with Crippen LogP contribution in [0.4, 0.5) is 0 Å². The summed E-state index contributed by atoms with van der Waals surface area (Å²) in [6, 6.07) is 4.75. The summed E-state index contributed by atoms with van der Waals surface area (Å²) in [7, 11) is -4.38. The SMILES string of the molecule is O=C(OCCS(=O)(=O)[O-])c1cc(I)ccc1Cl. The molecule has 0 saturated heterocycles. The van der Waals surface area contributed by atoms with Gasteiger partial charge < -0.3 is 9.29 Å². The molecule has 0 aliphatic carbocycles. The minimum atomic E-state index is -4.38. The van der Waals surface area contributed by atoms with Gasteiger partial charge in [-0.25, -0.2) is 13.2 Å². The molecule has 0 bridgehead atoms. The van der Waals surface area contributed by atoms with Crippen LogP contribution >= 0.6 is 34.2 Å². The molecule has 0 saturated carbocycles. The minimum Gasteiger partial charge on any atom is -0.748 e. The highest BCUT2D eigenvalue weighted by atomic mass is 127. The molecule has 94 valence electrons. The third kappa shape index (κ3) is 5.19.